The first-order valence-electron chi connectivity index (χ1n) is 7.43. The minimum absolute atomic E-state index is 0.0909. The molecule has 6 heteroatoms. The molecule has 0 aliphatic heterocycles. The molecule has 124 valence electrons. The van der Waals surface area contributed by atoms with Crippen molar-refractivity contribution in [1.29, 1.82) is 0 Å². The summed E-state index contributed by atoms with van der Waals surface area (Å²) < 4.78 is 4.65. The Balaban J connectivity index is 2.07. The maximum Gasteiger partial charge on any atom is 0.337 e. The molecule has 0 spiro atoms. The summed E-state index contributed by atoms with van der Waals surface area (Å²) in [6.45, 7) is 1.76. The number of ether oxygens (including phenoxy) is 1. The van der Waals surface area contributed by atoms with E-state index in [4.69, 9.17) is 0 Å². The smallest absolute Gasteiger partial charge is 0.337 e. The summed E-state index contributed by atoms with van der Waals surface area (Å²) in [5.74, 6) is -0.876. The van der Waals surface area contributed by atoms with E-state index in [0.29, 0.717) is 28.9 Å². The Morgan fingerprint density at radius 2 is 1.62 bits per heavy atom. The van der Waals surface area contributed by atoms with Crippen LogP contribution in [-0.2, 0) is 9.53 Å². The quantitative estimate of drug-likeness (QED) is 0.827. The molecule has 24 heavy (non-hydrogen) atoms. The van der Waals surface area contributed by atoms with Gasteiger partial charge in [0.15, 0.2) is 0 Å². The monoisotopic (exact) mass is 326 g/mol. The highest BCUT2D eigenvalue weighted by atomic mass is 16.5. The van der Waals surface area contributed by atoms with Crippen LogP contribution in [0.5, 0.6) is 0 Å². The molecule has 2 amide bonds. The van der Waals surface area contributed by atoms with E-state index in [-0.39, 0.29) is 11.8 Å². The van der Waals surface area contributed by atoms with Gasteiger partial charge in [-0.25, -0.2) is 4.79 Å². The molecule has 0 fully saturated rings. The van der Waals surface area contributed by atoms with Gasteiger partial charge in [-0.3, -0.25) is 9.59 Å². The van der Waals surface area contributed by atoms with Crippen LogP contribution in [0.2, 0.25) is 0 Å². The Kier molecular flexibility index (Phi) is 5.68. The fraction of sp³-hybridized carbons (Fsp3) is 0.167. The maximum atomic E-state index is 12.2. The van der Waals surface area contributed by atoms with Crippen LogP contribution in [0.25, 0.3) is 0 Å². The molecule has 0 saturated carbocycles. The van der Waals surface area contributed by atoms with E-state index in [1.807, 2.05) is 0 Å². The van der Waals surface area contributed by atoms with Crippen LogP contribution < -0.4 is 10.6 Å². The van der Waals surface area contributed by atoms with Crippen LogP contribution in [-0.4, -0.2) is 24.9 Å². The number of esters is 1. The number of amides is 2. The van der Waals surface area contributed by atoms with E-state index in [0.717, 1.165) is 0 Å². The van der Waals surface area contributed by atoms with Gasteiger partial charge in [0.05, 0.1) is 12.7 Å². The number of hydrogen-bond acceptors (Lipinski definition) is 4. The topological polar surface area (TPSA) is 84.5 Å². The van der Waals surface area contributed by atoms with Crippen molar-refractivity contribution < 1.29 is 19.1 Å². The normalized spacial score (nSPS) is 9.92. The van der Waals surface area contributed by atoms with Gasteiger partial charge in [0, 0.05) is 23.4 Å². The zero-order valence-electron chi connectivity index (χ0n) is 13.5. The van der Waals surface area contributed by atoms with E-state index in [2.05, 4.69) is 15.4 Å². The van der Waals surface area contributed by atoms with Crippen molar-refractivity contribution in [3.8, 4) is 0 Å². The molecule has 0 radical (unpaired) electrons. The molecule has 2 rings (SSSR count). The Hall–Kier alpha value is -3.15. The zero-order chi connectivity index (χ0) is 17.5. The minimum Gasteiger partial charge on any atom is -0.465 e. The second kappa shape index (κ2) is 7.92. The first kappa shape index (κ1) is 17.2. The highest BCUT2D eigenvalue weighted by Gasteiger charge is 2.09. The Morgan fingerprint density at radius 3 is 2.25 bits per heavy atom. The molecule has 2 aromatic rings. The summed E-state index contributed by atoms with van der Waals surface area (Å²) >= 11 is 0. The van der Waals surface area contributed by atoms with Crippen LogP contribution in [0.1, 0.15) is 34.1 Å². The molecule has 2 N–H and O–H groups in total. The van der Waals surface area contributed by atoms with Crippen molar-refractivity contribution in [3.63, 3.8) is 0 Å². The van der Waals surface area contributed by atoms with E-state index in [9.17, 15) is 14.4 Å². The molecule has 0 heterocycles. The van der Waals surface area contributed by atoms with Crippen LogP contribution in [0.3, 0.4) is 0 Å². The fourth-order valence-corrected chi connectivity index (χ4v) is 2.00. The van der Waals surface area contributed by atoms with Crippen LogP contribution >= 0.6 is 0 Å². The highest BCUT2D eigenvalue weighted by Crippen LogP contribution is 2.15. The minimum atomic E-state index is -0.470. The number of benzene rings is 2. The lowest BCUT2D eigenvalue weighted by atomic mass is 10.1. The third kappa shape index (κ3) is 4.42. The van der Waals surface area contributed by atoms with E-state index in [1.165, 1.54) is 7.11 Å². The predicted octanol–water partition coefficient (Wildman–Crippen LogP) is 3.07. The summed E-state index contributed by atoms with van der Waals surface area (Å²) in [4.78, 5) is 35.1. The predicted molar refractivity (Wildman–Crippen MR) is 91.1 cm³/mol. The van der Waals surface area contributed by atoms with Gasteiger partial charge in [-0.1, -0.05) is 13.0 Å². The number of carbonyl (C=O) groups is 3. The molecule has 6 nitrogen and oxygen atoms in total. The lowest BCUT2D eigenvalue weighted by Crippen LogP contribution is -2.13. The highest BCUT2D eigenvalue weighted by molar-refractivity contribution is 6.05. The Bertz CT molecular complexity index is 754. The van der Waals surface area contributed by atoms with Gasteiger partial charge in [0.2, 0.25) is 5.91 Å². The molecule has 0 saturated heterocycles. The Labute approximate surface area is 139 Å². The third-order valence-corrected chi connectivity index (χ3v) is 3.29. The third-order valence-electron chi connectivity index (χ3n) is 3.29. The average Bonchev–Trinajstić information content (AvgIpc) is 2.61. The van der Waals surface area contributed by atoms with Gasteiger partial charge in [-0.2, -0.15) is 0 Å². The average molecular weight is 326 g/mol. The molecular formula is C18H18N2O4. The van der Waals surface area contributed by atoms with Crippen molar-refractivity contribution in [2.24, 2.45) is 0 Å². The van der Waals surface area contributed by atoms with Gasteiger partial charge in [-0.05, 0) is 42.5 Å². The number of methoxy groups -OCH3 is 1. The van der Waals surface area contributed by atoms with Crippen molar-refractivity contribution in [2.75, 3.05) is 17.7 Å². The van der Waals surface area contributed by atoms with Gasteiger partial charge in [-0.15, -0.1) is 0 Å². The van der Waals surface area contributed by atoms with E-state index < -0.39 is 5.97 Å². The van der Waals surface area contributed by atoms with Crippen LogP contribution in [0.15, 0.2) is 48.5 Å². The van der Waals surface area contributed by atoms with Gasteiger partial charge < -0.3 is 15.4 Å². The second-order valence-electron chi connectivity index (χ2n) is 5.01. The standard InChI is InChI=1S/C18H18N2O4/c1-3-16(21)19-14-9-7-12(8-10-14)17(22)20-15-6-4-5-13(11-15)18(23)24-2/h4-11H,3H2,1-2H3,(H,19,21)(H,20,22). The van der Waals surface area contributed by atoms with Crippen molar-refractivity contribution >= 4 is 29.2 Å². The second-order valence-corrected chi connectivity index (χ2v) is 5.01. The van der Waals surface area contributed by atoms with Crippen molar-refractivity contribution in [1.82, 2.24) is 0 Å². The molecule has 0 aromatic heterocycles. The summed E-state index contributed by atoms with van der Waals surface area (Å²) in [7, 11) is 1.30. The lowest BCUT2D eigenvalue weighted by molar-refractivity contribution is -0.115. The summed E-state index contributed by atoms with van der Waals surface area (Å²) in [5.41, 5.74) is 1.92. The van der Waals surface area contributed by atoms with Crippen LogP contribution in [0.4, 0.5) is 11.4 Å². The molecule has 0 atom stereocenters. The van der Waals surface area contributed by atoms with Gasteiger partial charge >= 0.3 is 5.97 Å². The molecule has 0 aliphatic rings. The van der Waals surface area contributed by atoms with Crippen molar-refractivity contribution in [2.45, 2.75) is 13.3 Å². The molecule has 0 aliphatic carbocycles. The van der Waals surface area contributed by atoms with E-state index >= 15 is 0 Å². The van der Waals surface area contributed by atoms with E-state index in [1.54, 1.807) is 55.5 Å². The first-order valence-corrected chi connectivity index (χ1v) is 7.43. The molecule has 2 aromatic carbocycles. The van der Waals surface area contributed by atoms with Gasteiger partial charge in [0.1, 0.15) is 0 Å². The molecule has 0 bridgehead atoms. The first-order chi connectivity index (χ1) is 11.5. The summed E-state index contributed by atoms with van der Waals surface area (Å²) in [6.07, 6.45) is 0.388. The molecule has 0 unspecified atom stereocenters. The number of rotatable bonds is 5. The maximum absolute atomic E-state index is 12.2. The number of hydrogen-bond donors (Lipinski definition) is 2. The van der Waals surface area contributed by atoms with Crippen molar-refractivity contribution in [3.05, 3.63) is 59.7 Å². The largest absolute Gasteiger partial charge is 0.465 e. The number of anilines is 2. The number of nitrogens with one attached hydrogen (secondary N) is 2. The Morgan fingerprint density at radius 1 is 0.917 bits per heavy atom. The SMILES string of the molecule is CCC(=O)Nc1ccc(C(=O)Nc2cccc(C(=O)OC)c2)cc1. The summed E-state index contributed by atoms with van der Waals surface area (Å²) in [6, 6.07) is 13.0. The van der Waals surface area contributed by atoms with Crippen LogP contribution in [0, 0.1) is 0 Å². The fourth-order valence-electron chi connectivity index (χ4n) is 2.00. The zero-order valence-corrected chi connectivity index (χ0v) is 13.5. The number of carbonyl (C=O) groups excluding carboxylic acids is 3. The van der Waals surface area contributed by atoms with Gasteiger partial charge in [0.25, 0.3) is 5.91 Å². The summed E-state index contributed by atoms with van der Waals surface area (Å²) in [5, 5.41) is 5.43. The lowest BCUT2D eigenvalue weighted by Gasteiger charge is -2.08. The molecular weight excluding hydrogens is 308 g/mol.